The van der Waals surface area contributed by atoms with E-state index in [-0.39, 0.29) is 35.2 Å². The van der Waals surface area contributed by atoms with Crippen LogP contribution in [0.2, 0.25) is 0 Å². The van der Waals surface area contributed by atoms with Gasteiger partial charge in [0.05, 0.1) is 36.8 Å². The summed E-state index contributed by atoms with van der Waals surface area (Å²) in [7, 11) is 0. The minimum Gasteiger partial charge on any atom is -0.431 e. The molecular formula is C36H54O14. The number of hydrogen-bond donors (Lipinski definition) is 8. The fourth-order valence-electron chi connectivity index (χ4n) is 11.3. The lowest BCUT2D eigenvalue weighted by Gasteiger charge is -2.65. The lowest BCUT2D eigenvalue weighted by Crippen LogP contribution is -2.66. The first kappa shape index (κ1) is 36.8. The zero-order valence-electron chi connectivity index (χ0n) is 28.9. The van der Waals surface area contributed by atoms with E-state index >= 15 is 0 Å². The molecule has 282 valence electrons. The summed E-state index contributed by atoms with van der Waals surface area (Å²) < 4.78 is 28.7. The Morgan fingerprint density at radius 1 is 0.860 bits per heavy atom. The van der Waals surface area contributed by atoms with Crippen molar-refractivity contribution in [2.75, 3.05) is 6.61 Å². The molecule has 0 radical (unpaired) electrons. The molecule has 14 nitrogen and oxygen atoms in total. The number of rotatable bonds is 6. The van der Waals surface area contributed by atoms with Gasteiger partial charge in [-0.15, -0.1) is 0 Å². The van der Waals surface area contributed by atoms with Gasteiger partial charge in [-0.05, 0) is 99.0 Å². The summed E-state index contributed by atoms with van der Waals surface area (Å²) in [5.74, 6) is -0.0396. The summed E-state index contributed by atoms with van der Waals surface area (Å²) >= 11 is 0. The molecule has 0 aromatic carbocycles. The predicted molar refractivity (Wildman–Crippen MR) is 172 cm³/mol. The summed E-state index contributed by atoms with van der Waals surface area (Å²) in [6.45, 7) is 5.29. The lowest BCUT2D eigenvalue weighted by molar-refractivity contribution is -0.360. The van der Waals surface area contributed by atoms with Crippen molar-refractivity contribution in [2.45, 2.75) is 157 Å². The van der Waals surface area contributed by atoms with Gasteiger partial charge in [0.2, 0.25) is 0 Å². The Kier molecular flexibility index (Phi) is 9.86. The third-order valence-electron chi connectivity index (χ3n) is 14.1. The van der Waals surface area contributed by atoms with Crippen molar-refractivity contribution >= 4 is 0 Å². The van der Waals surface area contributed by atoms with E-state index in [1.807, 2.05) is 0 Å². The Morgan fingerprint density at radius 2 is 1.58 bits per heavy atom. The predicted octanol–water partition coefficient (Wildman–Crippen LogP) is -0.111. The smallest absolute Gasteiger partial charge is 0.335 e. The number of aliphatic hydroxyl groups is 8. The normalized spacial score (nSPS) is 53.7. The summed E-state index contributed by atoms with van der Waals surface area (Å²) in [6, 6.07) is 3.20. The largest absolute Gasteiger partial charge is 0.431 e. The number of fused-ring (bicyclic) bond motifs is 5. The fraction of sp³-hybridized carbons (Fsp3) is 0.861. The Balaban J connectivity index is 1.00. The molecule has 2 aliphatic heterocycles. The monoisotopic (exact) mass is 710 g/mol. The quantitative estimate of drug-likeness (QED) is 0.180. The molecule has 19 atom stereocenters. The maximum atomic E-state index is 12.5. The topological polar surface area (TPSA) is 229 Å². The molecule has 0 amide bonds. The molecule has 0 unspecified atom stereocenters. The van der Waals surface area contributed by atoms with Gasteiger partial charge in [-0.1, -0.05) is 13.8 Å². The van der Waals surface area contributed by atoms with Crippen LogP contribution in [0.25, 0.3) is 0 Å². The van der Waals surface area contributed by atoms with Crippen LogP contribution in [0.5, 0.6) is 0 Å². The Hall–Kier alpha value is -1.53. The summed E-state index contributed by atoms with van der Waals surface area (Å²) in [6.07, 6.45) is -7.76. The molecule has 0 bridgehead atoms. The highest BCUT2D eigenvalue weighted by Gasteiger charge is 2.70. The van der Waals surface area contributed by atoms with Crippen LogP contribution in [0.4, 0.5) is 0 Å². The van der Waals surface area contributed by atoms with Gasteiger partial charge in [0.25, 0.3) is 0 Å². The van der Waals surface area contributed by atoms with Crippen molar-refractivity contribution < 1.29 is 64.2 Å². The van der Waals surface area contributed by atoms with Gasteiger partial charge < -0.3 is 64.2 Å². The molecule has 3 heterocycles. The van der Waals surface area contributed by atoms with E-state index in [0.717, 1.165) is 31.2 Å². The standard InChI is InChI=1S/C36H54O14/c1-16-31(50-33-29(43)27(41)26(40)23(14-37)49-33)28(42)30(44)32(47-16)48-19-8-10-34(2)18(12-19)5-6-21-25(34)22(38)13-35(3)20(9-11-36(21,35)45)17-4-7-24(39)46-15-17/h4,7,15-16,18-23,25-33,37-38,40-45H,5-6,8-14H2,1-3H3/t16-,18+,19-,20+,21+,22+,23+,25+,26+,27-,28-,29+,30+,31-,32-,33-,34-,35+,36-/m0/s1. The van der Waals surface area contributed by atoms with E-state index < -0.39 is 90.8 Å². The van der Waals surface area contributed by atoms with E-state index in [9.17, 15) is 45.6 Å². The van der Waals surface area contributed by atoms with Gasteiger partial charge in [-0.25, -0.2) is 4.79 Å². The van der Waals surface area contributed by atoms with E-state index in [1.165, 1.54) is 12.3 Å². The van der Waals surface area contributed by atoms with Crippen LogP contribution in [-0.4, -0.2) is 127 Å². The first-order valence-electron chi connectivity index (χ1n) is 18.2. The zero-order valence-corrected chi connectivity index (χ0v) is 28.9. The zero-order chi connectivity index (χ0) is 35.9. The average molecular weight is 711 g/mol. The molecule has 4 saturated carbocycles. The van der Waals surface area contributed by atoms with Crippen molar-refractivity contribution in [1.29, 1.82) is 0 Å². The van der Waals surface area contributed by atoms with Gasteiger partial charge in [0.1, 0.15) is 42.7 Å². The molecule has 1 aromatic rings. The molecule has 7 rings (SSSR count). The fourth-order valence-corrected chi connectivity index (χ4v) is 11.3. The molecule has 6 aliphatic rings. The van der Waals surface area contributed by atoms with E-state index in [2.05, 4.69) is 13.8 Å². The van der Waals surface area contributed by atoms with Crippen LogP contribution in [-0.2, 0) is 18.9 Å². The minimum absolute atomic E-state index is 0.0380. The van der Waals surface area contributed by atoms with Crippen molar-refractivity contribution in [1.82, 2.24) is 0 Å². The molecule has 8 N–H and O–H groups in total. The number of aliphatic hydroxyl groups excluding tert-OH is 7. The van der Waals surface area contributed by atoms with Crippen LogP contribution in [0, 0.1) is 28.6 Å². The van der Waals surface area contributed by atoms with Gasteiger partial charge in [0, 0.05) is 11.5 Å². The highest BCUT2D eigenvalue weighted by molar-refractivity contribution is 5.28. The highest BCUT2D eigenvalue weighted by Crippen LogP contribution is 2.70. The molecular weight excluding hydrogens is 656 g/mol. The first-order chi connectivity index (χ1) is 23.6. The van der Waals surface area contributed by atoms with Crippen molar-refractivity contribution in [2.24, 2.45) is 28.6 Å². The maximum absolute atomic E-state index is 12.5. The third-order valence-corrected chi connectivity index (χ3v) is 14.1. The van der Waals surface area contributed by atoms with Gasteiger partial charge in [-0.2, -0.15) is 0 Å². The summed E-state index contributed by atoms with van der Waals surface area (Å²) in [4.78, 5) is 11.6. The van der Waals surface area contributed by atoms with Crippen LogP contribution < -0.4 is 5.63 Å². The van der Waals surface area contributed by atoms with Crippen LogP contribution >= 0.6 is 0 Å². The molecule has 14 heteroatoms. The second kappa shape index (κ2) is 13.4. The van der Waals surface area contributed by atoms with Crippen molar-refractivity contribution in [3.8, 4) is 0 Å². The molecule has 0 spiro atoms. The molecule has 4 aliphatic carbocycles. The highest BCUT2D eigenvalue weighted by atomic mass is 16.7. The number of hydrogen-bond acceptors (Lipinski definition) is 14. The summed E-state index contributed by atoms with van der Waals surface area (Å²) in [5.41, 5.74) is -1.33. The SMILES string of the molecule is C[C@@H]1O[C@@H](O[C@H]2CC[C@@]3(C)[C@H](CC[C@@H]4[C@@H]3[C@H](O)C[C@]3(C)[C@@H](c5ccc(=O)oc5)CC[C@]43O)C2)[C@H](O)[C@H](O)[C@H]1O[C@@H]1O[C@H](CO)[C@@H](O)[C@H](O)[C@H]1O. The lowest BCUT2D eigenvalue weighted by atomic mass is 9.42. The van der Waals surface area contributed by atoms with Crippen LogP contribution in [0.3, 0.4) is 0 Å². The Labute approximate surface area is 290 Å². The second-order valence-corrected chi connectivity index (χ2v) is 16.5. The first-order valence-corrected chi connectivity index (χ1v) is 18.2. The van der Waals surface area contributed by atoms with Crippen molar-refractivity contribution in [3.63, 3.8) is 0 Å². The third kappa shape index (κ3) is 5.73. The molecule has 50 heavy (non-hydrogen) atoms. The van der Waals surface area contributed by atoms with E-state index in [4.69, 9.17) is 23.4 Å². The van der Waals surface area contributed by atoms with E-state index in [0.29, 0.717) is 25.7 Å². The molecule has 1 aromatic heterocycles. The second-order valence-electron chi connectivity index (χ2n) is 16.5. The Morgan fingerprint density at radius 3 is 2.28 bits per heavy atom. The van der Waals surface area contributed by atoms with Crippen molar-refractivity contribution in [3.05, 3.63) is 34.4 Å². The molecule has 6 fully saturated rings. The van der Waals surface area contributed by atoms with Gasteiger partial charge in [0.15, 0.2) is 12.6 Å². The minimum atomic E-state index is -1.68. The van der Waals surface area contributed by atoms with E-state index in [1.54, 1.807) is 13.0 Å². The van der Waals surface area contributed by atoms with Crippen LogP contribution in [0.1, 0.15) is 83.6 Å². The van der Waals surface area contributed by atoms with Crippen LogP contribution in [0.15, 0.2) is 27.6 Å². The maximum Gasteiger partial charge on any atom is 0.335 e. The Bertz CT molecular complexity index is 1400. The molecule has 2 saturated heterocycles. The average Bonchev–Trinajstić information content (AvgIpc) is 3.35. The van der Waals surface area contributed by atoms with Gasteiger partial charge >= 0.3 is 5.63 Å². The van der Waals surface area contributed by atoms with Gasteiger partial charge in [-0.3, -0.25) is 0 Å². The summed E-state index contributed by atoms with van der Waals surface area (Å²) in [5, 5.41) is 86.7. The number of ether oxygens (including phenoxy) is 4.